The lowest BCUT2D eigenvalue weighted by Gasteiger charge is -2.39. The molecule has 0 saturated carbocycles. The van der Waals surface area contributed by atoms with Crippen LogP contribution >= 0.6 is 11.8 Å². The van der Waals surface area contributed by atoms with E-state index < -0.39 is 33.4 Å². The summed E-state index contributed by atoms with van der Waals surface area (Å²) in [6.07, 6.45) is 5.17. The molecule has 3 aliphatic heterocycles. The monoisotopic (exact) mass is 667 g/mol. The molecule has 0 aromatic heterocycles. The molecule has 3 aromatic rings. The highest BCUT2D eigenvalue weighted by atomic mass is 32.2. The van der Waals surface area contributed by atoms with E-state index in [4.69, 9.17) is 4.74 Å². The van der Waals surface area contributed by atoms with E-state index in [0.29, 0.717) is 43.0 Å². The number of hydrogen-bond acceptors (Lipinski definition) is 6. The number of ether oxygens (including phenoxy) is 1. The highest BCUT2D eigenvalue weighted by Gasteiger charge is 2.78. The first kappa shape index (κ1) is 33.8. The zero-order chi connectivity index (χ0) is 34.2. The van der Waals surface area contributed by atoms with Gasteiger partial charge < -0.3 is 24.5 Å². The van der Waals surface area contributed by atoms with E-state index in [1.165, 1.54) is 0 Å². The largest absolute Gasteiger partial charge is 0.494 e. The van der Waals surface area contributed by atoms with Gasteiger partial charge in [0.25, 0.3) is 5.91 Å². The molecule has 0 radical (unpaired) electrons. The molecule has 3 amide bonds. The van der Waals surface area contributed by atoms with Crippen molar-refractivity contribution >= 4 is 51.6 Å². The number of fused-ring (bicyclic) bond motifs is 2. The minimum atomic E-state index is -0.860. The van der Waals surface area contributed by atoms with Crippen LogP contribution in [-0.2, 0) is 14.4 Å². The fraction of sp³-hybridized carbons (Fsp3) is 0.410. The van der Waals surface area contributed by atoms with E-state index in [0.717, 1.165) is 10.8 Å². The van der Waals surface area contributed by atoms with E-state index in [-0.39, 0.29) is 37.4 Å². The van der Waals surface area contributed by atoms with Crippen molar-refractivity contribution in [3.05, 3.63) is 92.0 Å². The molecular weight excluding hydrogens is 623 g/mol. The standard InChI is InChI=1S/C39H45N3O5S/c1-6-22-40(29-16-18-31(19-17-29)47-9-4)35(44)32-33-36(45)42(28(8-3)25-43)34(39(33)21-20-38(32,5)48-39)37(46)41(23-7-2)30-15-14-26-12-10-11-13-27(26)24-30/h6-7,10-19,24,28,32-34,43H,1-2,8-9,20-23,25H2,3-5H3/t28-,32-,33-,34?,38+,39?/m0/s1. The molecule has 9 heteroatoms. The average Bonchev–Trinajstić information content (AvgIpc) is 3.67. The van der Waals surface area contributed by atoms with Crippen molar-refractivity contribution in [2.24, 2.45) is 11.8 Å². The summed E-state index contributed by atoms with van der Waals surface area (Å²) in [5, 5.41) is 12.6. The van der Waals surface area contributed by atoms with Crippen molar-refractivity contribution in [1.82, 2.24) is 4.90 Å². The third-order valence-electron chi connectivity index (χ3n) is 10.4. The van der Waals surface area contributed by atoms with Gasteiger partial charge in [0.1, 0.15) is 11.8 Å². The number of carbonyl (C=O) groups is 3. The average molecular weight is 668 g/mol. The number of amides is 3. The van der Waals surface area contributed by atoms with Crippen molar-refractivity contribution in [1.29, 1.82) is 0 Å². The first-order valence-electron chi connectivity index (χ1n) is 16.9. The second-order valence-corrected chi connectivity index (χ2v) is 15.0. The van der Waals surface area contributed by atoms with Gasteiger partial charge in [-0.15, -0.1) is 24.9 Å². The van der Waals surface area contributed by atoms with Crippen molar-refractivity contribution in [2.45, 2.75) is 61.6 Å². The zero-order valence-corrected chi connectivity index (χ0v) is 28.8. The maximum Gasteiger partial charge on any atom is 0.251 e. The molecule has 6 atom stereocenters. The molecular formula is C39H45N3O5S. The first-order valence-corrected chi connectivity index (χ1v) is 17.7. The number of anilines is 2. The maximum atomic E-state index is 15.1. The highest BCUT2D eigenvalue weighted by Crippen LogP contribution is 2.72. The van der Waals surface area contributed by atoms with Gasteiger partial charge in [-0.25, -0.2) is 0 Å². The van der Waals surface area contributed by atoms with Gasteiger partial charge in [-0.3, -0.25) is 14.4 Å². The predicted octanol–water partition coefficient (Wildman–Crippen LogP) is 6.23. The Balaban J connectivity index is 1.43. The van der Waals surface area contributed by atoms with Crippen LogP contribution in [0.1, 0.15) is 40.0 Å². The second-order valence-electron chi connectivity index (χ2n) is 13.2. The third kappa shape index (κ3) is 5.41. The molecule has 252 valence electrons. The number of aliphatic hydroxyl groups excluding tert-OH is 1. The van der Waals surface area contributed by atoms with Gasteiger partial charge in [0.2, 0.25) is 11.8 Å². The molecule has 3 heterocycles. The number of likely N-dealkylation sites (tertiary alicyclic amines) is 1. The van der Waals surface area contributed by atoms with Crippen LogP contribution < -0.4 is 14.5 Å². The molecule has 8 nitrogen and oxygen atoms in total. The van der Waals surface area contributed by atoms with E-state index in [1.54, 1.807) is 38.6 Å². The fourth-order valence-corrected chi connectivity index (χ4v) is 10.6. The summed E-state index contributed by atoms with van der Waals surface area (Å²) in [7, 11) is 0. The Labute approximate surface area is 287 Å². The van der Waals surface area contributed by atoms with Crippen molar-refractivity contribution < 1.29 is 24.2 Å². The molecule has 1 spiro atoms. The maximum absolute atomic E-state index is 15.1. The van der Waals surface area contributed by atoms with Gasteiger partial charge in [-0.05, 0) is 80.3 Å². The van der Waals surface area contributed by atoms with E-state index in [1.807, 2.05) is 80.6 Å². The topological polar surface area (TPSA) is 90.4 Å². The summed E-state index contributed by atoms with van der Waals surface area (Å²) in [5.74, 6) is -1.28. The summed E-state index contributed by atoms with van der Waals surface area (Å²) in [4.78, 5) is 49.8. The first-order chi connectivity index (χ1) is 23.2. The minimum Gasteiger partial charge on any atom is -0.494 e. The summed E-state index contributed by atoms with van der Waals surface area (Å²) < 4.78 is 4.24. The van der Waals surface area contributed by atoms with E-state index >= 15 is 4.79 Å². The van der Waals surface area contributed by atoms with Gasteiger partial charge in [0.15, 0.2) is 0 Å². The van der Waals surface area contributed by atoms with E-state index in [2.05, 4.69) is 20.1 Å². The zero-order valence-electron chi connectivity index (χ0n) is 28.0. The number of nitrogens with zero attached hydrogens (tertiary/aromatic N) is 3. The highest BCUT2D eigenvalue weighted by molar-refractivity contribution is 8.02. The molecule has 3 saturated heterocycles. The third-order valence-corrected chi connectivity index (χ3v) is 12.4. The summed E-state index contributed by atoms with van der Waals surface area (Å²) >= 11 is 1.63. The van der Waals surface area contributed by atoms with Crippen LogP contribution in [0.3, 0.4) is 0 Å². The molecule has 48 heavy (non-hydrogen) atoms. The number of aliphatic hydroxyl groups is 1. The van der Waals surface area contributed by atoms with Crippen molar-refractivity contribution in [2.75, 3.05) is 36.1 Å². The van der Waals surface area contributed by atoms with Gasteiger partial charge in [-0.1, -0.05) is 49.4 Å². The van der Waals surface area contributed by atoms with Crippen LogP contribution in [0.15, 0.2) is 92.0 Å². The Hall–Kier alpha value is -4.08. The molecule has 0 aliphatic carbocycles. The smallest absolute Gasteiger partial charge is 0.251 e. The van der Waals surface area contributed by atoms with Crippen molar-refractivity contribution in [3.63, 3.8) is 0 Å². The minimum absolute atomic E-state index is 0.156. The lowest BCUT2D eigenvalue weighted by atomic mass is 9.66. The normalized spacial score (nSPS) is 26.3. The summed E-state index contributed by atoms with van der Waals surface area (Å²) in [6, 6.07) is 19.9. The molecule has 1 N–H and O–H groups in total. The molecule has 2 unspecified atom stereocenters. The molecule has 3 aliphatic rings. The quantitative estimate of drug-likeness (QED) is 0.218. The van der Waals surface area contributed by atoms with Crippen LogP contribution in [0.2, 0.25) is 0 Å². The molecule has 2 bridgehead atoms. The van der Waals surface area contributed by atoms with Gasteiger partial charge in [0.05, 0.1) is 35.8 Å². The Morgan fingerprint density at radius 2 is 1.62 bits per heavy atom. The molecule has 3 fully saturated rings. The van der Waals surface area contributed by atoms with Crippen LogP contribution in [0, 0.1) is 11.8 Å². The Kier molecular flexibility index (Phi) is 9.46. The van der Waals surface area contributed by atoms with Crippen molar-refractivity contribution in [3.8, 4) is 5.75 Å². The second kappa shape index (κ2) is 13.4. The lowest BCUT2D eigenvalue weighted by Crippen LogP contribution is -2.57. The Morgan fingerprint density at radius 1 is 0.979 bits per heavy atom. The Morgan fingerprint density at radius 3 is 2.25 bits per heavy atom. The van der Waals surface area contributed by atoms with Crippen LogP contribution in [0.4, 0.5) is 11.4 Å². The number of carbonyl (C=O) groups excluding carboxylic acids is 3. The van der Waals surface area contributed by atoms with Crippen LogP contribution in [0.25, 0.3) is 10.8 Å². The van der Waals surface area contributed by atoms with Crippen LogP contribution in [-0.4, -0.2) is 75.6 Å². The molecule has 3 aromatic carbocycles. The lowest BCUT2D eigenvalue weighted by molar-refractivity contribution is -0.142. The van der Waals surface area contributed by atoms with Gasteiger partial charge in [0, 0.05) is 29.2 Å². The number of thioether (sulfide) groups is 1. The fourth-order valence-electron chi connectivity index (χ4n) is 8.28. The predicted molar refractivity (Wildman–Crippen MR) is 193 cm³/mol. The van der Waals surface area contributed by atoms with Gasteiger partial charge >= 0.3 is 0 Å². The molecule has 6 rings (SSSR count). The SMILES string of the molecule is C=CCN(C(=O)C1N([C@@H](CC)CO)C(=O)[C@@H]2[C@@H](C(=O)N(CC=C)c3ccc(OCC)cc3)[C@@]3(C)CCC12S3)c1ccc2ccccc2c1. The number of hydrogen-bond donors (Lipinski definition) is 1. The number of benzene rings is 3. The Bertz CT molecular complexity index is 1720. The van der Waals surface area contributed by atoms with Crippen LogP contribution in [0.5, 0.6) is 5.75 Å². The summed E-state index contributed by atoms with van der Waals surface area (Å²) in [5.41, 5.74) is 1.41. The number of rotatable bonds is 13. The van der Waals surface area contributed by atoms with Gasteiger partial charge in [-0.2, -0.15) is 0 Å². The van der Waals surface area contributed by atoms with E-state index in [9.17, 15) is 14.7 Å². The summed E-state index contributed by atoms with van der Waals surface area (Å²) in [6.45, 7) is 14.6.